The van der Waals surface area contributed by atoms with Gasteiger partial charge in [0.1, 0.15) is 0 Å². The van der Waals surface area contributed by atoms with Crippen molar-refractivity contribution in [3.8, 4) is 0 Å². The summed E-state index contributed by atoms with van der Waals surface area (Å²) in [7, 11) is 0. The Bertz CT molecular complexity index is 428. The molecule has 1 atom stereocenters. The second-order valence-electron chi connectivity index (χ2n) is 5.69. The molecule has 2 rings (SSSR count). The second kappa shape index (κ2) is 6.19. The van der Waals surface area contributed by atoms with Crippen LogP contribution in [-0.2, 0) is 11.3 Å². The van der Waals surface area contributed by atoms with E-state index >= 15 is 0 Å². The lowest BCUT2D eigenvalue weighted by atomic mass is 10.1. The summed E-state index contributed by atoms with van der Waals surface area (Å²) in [6, 6.07) is 2.37. The molecule has 1 aromatic heterocycles. The number of likely N-dealkylation sites (tertiary alicyclic amines) is 1. The normalized spacial score (nSPS) is 20.3. The Hall–Kier alpha value is -1.36. The van der Waals surface area contributed by atoms with E-state index in [9.17, 15) is 4.79 Å². The molecule has 0 unspecified atom stereocenters. The van der Waals surface area contributed by atoms with Gasteiger partial charge in [-0.15, -0.1) is 0 Å². The molecule has 1 aliphatic rings. The van der Waals surface area contributed by atoms with Crippen molar-refractivity contribution >= 4 is 5.97 Å². The third kappa shape index (κ3) is 3.80. The maximum atomic E-state index is 10.7. The molecule has 5 heteroatoms. The summed E-state index contributed by atoms with van der Waals surface area (Å²) in [4.78, 5) is 12.9. The van der Waals surface area contributed by atoms with Crippen LogP contribution in [0.4, 0.5) is 0 Å². The van der Waals surface area contributed by atoms with Crippen molar-refractivity contribution in [2.24, 2.45) is 5.92 Å². The van der Waals surface area contributed by atoms with E-state index in [1.807, 2.05) is 10.9 Å². The fourth-order valence-corrected chi connectivity index (χ4v) is 2.70. The Labute approximate surface area is 114 Å². The van der Waals surface area contributed by atoms with E-state index in [2.05, 4.69) is 29.9 Å². The number of hydrogen-bond acceptors (Lipinski definition) is 3. The fraction of sp³-hybridized carbons (Fsp3) is 0.714. The van der Waals surface area contributed by atoms with Crippen LogP contribution >= 0.6 is 0 Å². The number of aromatic nitrogens is 2. The van der Waals surface area contributed by atoms with E-state index in [1.54, 1.807) is 0 Å². The van der Waals surface area contributed by atoms with Crippen LogP contribution in [0.2, 0.25) is 0 Å². The maximum Gasteiger partial charge on any atom is 0.304 e. The van der Waals surface area contributed by atoms with Gasteiger partial charge in [0.25, 0.3) is 0 Å². The minimum absolute atomic E-state index is 0.212. The molecule has 2 heterocycles. The Kier molecular flexibility index (Phi) is 4.58. The highest BCUT2D eigenvalue weighted by Gasteiger charge is 2.27. The topological polar surface area (TPSA) is 58.4 Å². The molecular weight excluding hydrogens is 242 g/mol. The van der Waals surface area contributed by atoms with Gasteiger partial charge in [-0.05, 0) is 31.4 Å². The Morgan fingerprint density at radius 3 is 3.05 bits per heavy atom. The summed E-state index contributed by atoms with van der Waals surface area (Å²) in [6.45, 7) is 6.89. The summed E-state index contributed by atoms with van der Waals surface area (Å²) < 4.78 is 1.99. The van der Waals surface area contributed by atoms with Crippen LogP contribution in [0.15, 0.2) is 12.3 Å². The van der Waals surface area contributed by atoms with E-state index in [1.165, 1.54) is 0 Å². The molecule has 0 aliphatic carbocycles. The van der Waals surface area contributed by atoms with E-state index in [0.29, 0.717) is 18.5 Å². The van der Waals surface area contributed by atoms with Gasteiger partial charge in [-0.2, -0.15) is 5.10 Å². The van der Waals surface area contributed by atoms with Crippen LogP contribution in [0, 0.1) is 5.92 Å². The van der Waals surface area contributed by atoms with Gasteiger partial charge in [-0.3, -0.25) is 14.4 Å². The van der Waals surface area contributed by atoms with Gasteiger partial charge in [0.2, 0.25) is 0 Å². The average Bonchev–Trinajstić information content (AvgIpc) is 2.93. The molecule has 1 saturated heterocycles. The van der Waals surface area contributed by atoms with Crippen LogP contribution < -0.4 is 0 Å². The third-order valence-electron chi connectivity index (χ3n) is 3.53. The van der Waals surface area contributed by atoms with Gasteiger partial charge in [0.15, 0.2) is 0 Å². The number of nitrogens with zero attached hydrogens (tertiary/aromatic N) is 3. The standard InChI is InChI=1S/C14H23N3O2/c1-11(2)10-17-9-5-12(15-17)13-4-3-7-16(13)8-6-14(18)19/h5,9,11,13H,3-4,6-8,10H2,1-2H3,(H,18,19)/t13-/m0/s1. The van der Waals surface area contributed by atoms with Crippen LogP contribution in [0.25, 0.3) is 0 Å². The predicted octanol–water partition coefficient (Wildman–Crippen LogP) is 2.15. The van der Waals surface area contributed by atoms with Gasteiger partial charge < -0.3 is 5.11 Å². The van der Waals surface area contributed by atoms with Gasteiger partial charge in [-0.1, -0.05) is 13.8 Å². The van der Waals surface area contributed by atoms with Crippen molar-refractivity contribution in [1.29, 1.82) is 0 Å². The quantitative estimate of drug-likeness (QED) is 0.856. The highest BCUT2D eigenvalue weighted by Crippen LogP contribution is 2.30. The molecule has 1 aromatic rings. The Balaban J connectivity index is 1.99. The predicted molar refractivity (Wildman–Crippen MR) is 72.9 cm³/mol. The number of aliphatic carboxylic acids is 1. The lowest BCUT2D eigenvalue weighted by Gasteiger charge is -2.22. The van der Waals surface area contributed by atoms with E-state index in [4.69, 9.17) is 5.11 Å². The molecule has 1 aliphatic heterocycles. The van der Waals surface area contributed by atoms with E-state index < -0.39 is 5.97 Å². The van der Waals surface area contributed by atoms with Crippen LogP contribution in [-0.4, -0.2) is 38.8 Å². The van der Waals surface area contributed by atoms with Crippen molar-refractivity contribution in [3.63, 3.8) is 0 Å². The number of rotatable bonds is 6. The highest BCUT2D eigenvalue weighted by molar-refractivity contribution is 5.66. The van der Waals surface area contributed by atoms with Gasteiger partial charge >= 0.3 is 5.97 Å². The van der Waals surface area contributed by atoms with Crippen molar-refractivity contribution < 1.29 is 9.90 Å². The summed E-state index contributed by atoms with van der Waals surface area (Å²) >= 11 is 0. The molecule has 0 radical (unpaired) electrons. The number of hydrogen-bond donors (Lipinski definition) is 1. The third-order valence-corrected chi connectivity index (χ3v) is 3.53. The SMILES string of the molecule is CC(C)Cn1ccc([C@@H]2CCCN2CCC(=O)O)n1. The minimum Gasteiger partial charge on any atom is -0.481 e. The molecule has 0 bridgehead atoms. The van der Waals surface area contributed by atoms with Crippen molar-refractivity contribution in [2.45, 2.75) is 45.7 Å². The first kappa shape index (κ1) is 14.1. The largest absolute Gasteiger partial charge is 0.481 e. The molecular formula is C14H23N3O2. The summed E-state index contributed by atoms with van der Waals surface area (Å²) in [5.41, 5.74) is 1.09. The second-order valence-corrected chi connectivity index (χ2v) is 5.69. The van der Waals surface area contributed by atoms with Gasteiger partial charge in [0.05, 0.1) is 18.2 Å². The molecule has 106 valence electrons. The molecule has 0 aromatic carbocycles. The first-order valence-electron chi connectivity index (χ1n) is 7.05. The zero-order valence-corrected chi connectivity index (χ0v) is 11.7. The first-order chi connectivity index (χ1) is 9.06. The molecule has 19 heavy (non-hydrogen) atoms. The Morgan fingerprint density at radius 2 is 2.37 bits per heavy atom. The zero-order chi connectivity index (χ0) is 13.8. The fourth-order valence-electron chi connectivity index (χ4n) is 2.70. The molecule has 0 amide bonds. The number of carboxylic acids is 1. The van der Waals surface area contributed by atoms with Crippen LogP contribution in [0.5, 0.6) is 0 Å². The smallest absolute Gasteiger partial charge is 0.304 e. The Morgan fingerprint density at radius 1 is 1.58 bits per heavy atom. The van der Waals surface area contributed by atoms with Gasteiger partial charge in [0, 0.05) is 19.3 Å². The van der Waals surface area contributed by atoms with Gasteiger partial charge in [-0.25, -0.2) is 0 Å². The monoisotopic (exact) mass is 265 g/mol. The molecule has 1 N–H and O–H groups in total. The molecule has 1 fully saturated rings. The van der Waals surface area contributed by atoms with Crippen LogP contribution in [0.3, 0.4) is 0 Å². The maximum absolute atomic E-state index is 10.7. The van der Waals surface area contributed by atoms with E-state index in [-0.39, 0.29) is 6.42 Å². The van der Waals surface area contributed by atoms with Crippen LogP contribution in [0.1, 0.15) is 44.8 Å². The summed E-state index contributed by atoms with van der Waals surface area (Å²) in [5, 5.41) is 13.4. The average molecular weight is 265 g/mol. The number of carbonyl (C=O) groups is 1. The molecule has 0 spiro atoms. The lowest BCUT2D eigenvalue weighted by molar-refractivity contribution is -0.137. The first-order valence-corrected chi connectivity index (χ1v) is 7.05. The number of carboxylic acid groups (broad SMARTS) is 1. The zero-order valence-electron chi connectivity index (χ0n) is 11.7. The van der Waals surface area contributed by atoms with Crippen molar-refractivity contribution in [1.82, 2.24) is 14.7 Å². The summed E-state index contributed by atoms with van der Waals surface area (Å²) in [6.07, 6.45) is 4.45. The minimum atomic E-state index is -0.726. The highest BCUT2D eigenvalue weighted by atomic mass is 16.4. The molecule has 0 saturated carbocycles. The van der Waals surface area contributed by atoms with E-state index in [0.717, 1.165) is 31.6 Å². The summed E-state index contributed by atoms with van der Waals surface area (Å²) in [5.74, 6) is -0.143. The van der Waals surface area contributed by atoms with Crippen molar-refractivity contribution in [2.75, 3.05) is 13.1 Å². The molecule has 5 nitrogen and oxygen atoms in total. The lowest BCUT2D eigenvalue weighted by Crippen LogP contribution is -2.26. The van der Waals surface area contributed by atoms with Crippen molar-refractivity contribution in [3.05, 3.63) is 18.0 Å².